The highest BCUT2D eigenvalue weighted by Gasteiger charge is 2.36. The van der Waals surface area contributed by atoms with E-state index in [-0.39, 0.29) is 5.41 Å². The lowest BCUT2D eigenvalue weighted by Crippen LogP contribution is -2.26. The van der Waals surface area contributed by atoms with Crippen molar-refractivity contribution in [1.82, 2.24) is 24.1 Å². The number of nitrogens with zero attached hydrogens (tertiary/aromatic N) is 5. The fourth-order valence-corrected chi connectivity index (χ4v) is 9.47. The number of para-hydroxylation sites is 2. The molecule has 278 valence electrons. The summed E-state index contributed by atoms with van der Waals surface area (Å²) in [6.45, 7) is 4.69. The molecular weight excluding hydrogens is 719 g/mol. The molecule has 0 N–H and O–H groups in total. The van der Waals surface area contributed by atoms with E-state index in [2.05, 4.69) is 175 Å². The van der Waals surface area contributed by atoms with E-state index < -0.39 is 0 Å². The number of rotatable bonds is 5. The van der Waals surface area contributed by atoms with Gasteiger partial charge in [-0.1, -0.05) is 153 Å². The van der Waals surface area contributed by atoms with Crippen molar-refractivity contribution in [3.05, 3.63) is 199 Å². The predicted octanol–water partition coefficient (Wildman–Crippen LogP) is 13.4. The van der Waals surface area contributed by atoms with Gasteiger partial charge in [0.25, 0.3) is 0 Å². The van der Waals surface area contributed by atoms with Crippen molar-refractivity contribution in [2.24, 2.45) is 0 Å². The van der Waals surface area contributed by atoms with E-state index in [0.717, 1.165) is 22.4 Å². The SMILES string of the molecule is CC1(C)c2ccccc2-n2c3ccc(-n4c5ccccc5c5ccc(-c6ccccc6)cc54)cc3c3cc(-c4nc(-c5ccccc5)nc(-c5ccccc5)n4)cc1c32. The zero-order valence-electron chi connectivity index (χ0n) is 32.6. The Kier molecular flexibility index (Phi) is 7.20. The van der Waals surface area contributed by atoms with Gasteiger partial charge in [0, 0.05) is 49.3 Å². The van der Waals surface area contributed by atoms with Crippen molar-refractivity contribution in [2.75, 3.05) is 0 Å². The number of hydrogen-bond acceptors (Lipinski definition) is 3. The summed E-state index contributed by atoms with van der Waals surface area (Å²) >= 11 is 0. The van der Waals surface area contributed by atoms with Crippen molar-refractivity contribution >= 4 is 43.6 Å². The topological polar surface area (TPSA) is 48.5 Å². The van der Waals surface area contributed by atoms with Crippen LogP contribution in [0.15, 0.2) is 188 Å². The normalized spacial score (nSPS) is 13.1. The quantitative estimate of drug-likeness (QED) is 0.176. The van der Waals surface area contributed by atoms with Crippen LogP contribution in [-0.4, -0.2) is 24.1 Å². The van der Waals surface area contributed by atoms with Crippen molar-refractivity contribution in [3.63, 3.8) is 0 Å². The zero-order chi connectivity index (χ0) is 39.2. The Bertz CT molecular complexity index is 3390. The molecule has 0 amide bonds. The zero-order valence-corrected chi connectivity index (χ0v) is 32.6. The largest absolute Gasteiger partial charge is 0.309 e. The van der Waals surface area contributed by atoms with Crippen molar-refractivity contribution in [3.8, 4) is 56.7 Å². The summed E-state index contributed by atoms with van der Waals surface area (Å²) in [6.07, 6.45) is 0. The Hall–Kier alpha value is -7.63. The van der Waals surface area contributed by atoms with Gasteiger partial charge in [-0.05, 0) is 70.8 Å². The number of benzene rings is 8. The molecule has 8 aromatic carbocycles. The van der Waals surface area contributed by atoms with Crippen LogP contribution >= 0.6 is 0 Å². The summed E-state index contributed by atoms with van der Waals surface area (Å²) in [6, 6.07) is 67.2. The highest BCUT2D eigenvalue weighted by atomic mass is 15.0. The summed E-state index contributed by atoms with van der Waals surface area (Å²) in [4.78, 5) is 15.4. The minimum atomic E-state index is -0.295. The molecule has 1 aliphatic heterocycles. The maximum absolute atomic E-state index is 5.21. The van der Waals surface area contributed by atoms with Gasteiger partial charge in [-0.3, -0.25) is 0 Å². The van der Waals surface area contributed by atoms with Crippen molar-refractivity contribution in [1.29, 1.82) is 0 Å². The highest BCUT2D eigenvalue weighted by molar-refractivity contribution is 6.15. The molecule has 0 spiro atoms. The summed E-state index contributed by atoms with van der Waals surface area (Å²) in [5, 5.41) is 4.82. The van der Waals surface area contributed by atoms with Crippen LogP contribution in [0, 0.1) is 0 Å². The Morgan fingerprint density at radius 1 is 0.356 bits per heavy atom. The van der Waals surface area contributed by atoms with Crippen LogP contribution in [0.25, 0.3) is 100 Å². The molecule has 4 heterocycles. The molecular formula is C54H37N5. The Morgan fingerprint density at radius 2 is 0.932 bits per heavy atom. The second-order valence-corrected chi connectivity index (χ2v) is 16.1. The Labute approximate surface area is 341 Å². The second-order valence-electron chi connectivity index (χ2n) is 16.1. The van der Waals surface area contributed by atoms with Gasteiger partial charge in [0.15, 0.2) is 17.5 Å². The molecule has 5 nitrogen and oxygen atoms in total. The predicted molar refractivity (Wildman–Crippen MR) is 242 cm³/mol. The third-order valence-electron chi connectivity index (χ3n) is 12.3. The van der Waals surface area contributed by atoms with Gasteiger partial charge < -0.3 is 9.13 Å². The van der Waals surface area contributed by atoms with Crippen molar-refractivity contribution in [2.45, 2.75) is 19.3 Å². The van der Waals surface area contributed by atoms with Crippen LogP contribution in [0.2, 0.25) is 0 Å². The smallest absolute Gasteiger partial charge is 0.164 e. The van der Waals surface area contributed by atoms with Gasteiger partial charge in [0.05, 0.1) is 27.8 Å². The van der Waals surface area contributed by atoms with Crippen LogP contribution in [0.5, 0.6) is 0 Å². The molecule has 3 aromatic heterocycles. The standard InChI is InChI=1S/C54H37N5/c1-54(2)44-23-13-15-25-48(44)59-47-29-27-39(58-46-24-14-12-22-40(46)41-28-26-37(32-49(41)58)34-16-6-3-7-17-34)33-42(47)43-30-38(31-45(54)50(43)59)53-56-51(35-18-8-4-9-19-35)55-52(57-53)36-20-10-5-11-21-36/h3-33H,1-2H3. The number of aromatic nitrogens is 5. The molecule has 0 bridgehead atoms. The molecule has 0 fully saturated rings. The van der Waals surface area contributed by atoms with Crippen molar-refractivity contribution < 1.29 is 0 Å². The summed E-state index contributed by atoms with van der Waals surface area (Å²) in [5.74, 6) is 1.95. The second kappa shape index (κ2) is 12.7. The van der Waals surface area contributed by atoms with Gasteiger partial charge >= 0.3 is 0 Å². The van der Waals surface area contributed by atoms with E-state index in [1.807, 2.05) is 36.4 Å². The summed E-state index contributed by atoms with van der Waals surface area (Å²) in [5.41, 5.74) is 14.6. The molecule has 0 atom stereocenters. The first kappa shape index (κ1) is 33.5. The van der Waals surface area contributed by atoms with Gasteiger partial charge in [0.2, 0.25) is 0 Å². The highest BCUT2D eigenvalue weighted by Crippen LogP contribution is 2.49. The van der Waals surface area contributed by atoms with Gasteiger partial charge in [0.1, 0.15) is 0 Å². The van der Waals surface area contributed by atoms with E-state index in [1.165, 1.54) is 71.6 Å². The molecule has 5 heteroatoms. The first-order valence-corrected chi connectivity index (χ1v) is 20.2. The first-order chi connectivity index (χ1) is 29.0. The van der Waals surface area contributed by atoms with Gasteiger partial charge in [-0.2, -0.15) is 0 Å². The fraction of sp³-hybridized carbons (Fsp3) is 0.0556. The van der Waals surface area contributed by atoms with Crippen LogP contribution < -0.4 is 0 Å². The van der Waals surface area contributed by atoms with Crippen LogP contribution in [0.3, 0.4) is 0 Å². The lowest BCUT2D eigenvalue weighted by Gasteiger charge is -2.35. The van der Waals surface area contributed by atoms with E-state index in [1.54, 1.807) is 0 Å². The summed E-state index contributed by atoms with van der Waals surface area (Å²) < 4.78 is 4.91. The van der Waals surface area contributed by atoms with Crippen LogP contribution in [-0.2, 0) is 5.41 Å². The molecule has 0 radical (unpaired) electrons. The third-order valence-corrected chi connectivity index (χ3v) is 12.3. The van der Waals surface area contributed by atoms with Gasteiger partial charge in [-0.15, -0.1) is 0 Å². The monoisotopic (exact) mass is 755 g/mol. The molecule has 59 heavy (non-hydrogen) atoms. The van der Waals surface area contributed by atoms with E-state index in [4.69, 9.17) is 15.0 Å². The Balaban J connectivity index is 1.16. The molecule has 11 aromatic rings. The molecule has 0 unspecified atom stereocenters. The van der Waals surface area contributed by atoms with E-state index in [9.17, 15) is 0 Å². The molecule has 0 saturated carbocycles. The molecule has 1 aliphatic rings. The van der Waals surface area contributed by atoms with E-state index in [0.29, 0.717) is 17.5 Å². The molecule has 0 aliphatic carbocycles. The maximum atomic E-state index is 5.21. The Morgan fingerprint density at radius 3 is 1.64 bits per heavy atom. The van der Waals surface area contributed by atoms with Gasteiger partial charge in [-0.25, -0.2) is 15.0 Å². The minimum absolute atomic E-state index is 0.295. The fourth-order valence-electron chi connectivity index (χ4n) is 9.47. The van der Waals surface area contributed by atoms with Crippen LogP contribution in [0.4, 0.5) is 0 Å². The minimum Gasteiger partial charge on any atom is -0.309 e. The number of fused-ring (bicyclic) bond motifs is 8. The average Bonchev–Trinajstić information content (AvgIpc) is 3.81. The lowest BCUT2D eigenvalue weighted by molar-refractivity contribution is 0.630. The lowest BCUT2D eigenvalue weighted by atomic mass is 9.74. The van der Waals surface area contributed by atoms with Crippen LogP contribution in [0.1, 0.15) is 25.0 Å². The average molecular weight is 756 g/mol. The maximum Gasteiger partial charge on any atom is 0.164 e. The first-order valence-electron chi connectivity index (χ1n) is 20.2. The molecule has 0 saturated heterocycles. The third kappa shape index (κ3) is 5.08. The van der Waals surface area contributed by atoms with E-state index >= 15 is 0 Å². The number of hydrogen-bond donors (Lipinski definition) is 0. The molecule has 12 rings (SSSR count). The summed E-state index contributed by atoms with van der Waals surface area (Å²) in [7, 11) is 0.